The minimum atomic E-state index is -1.27. The summed E-state index contributed by atoms with van der Waals surface area (Å²) in [5.74, 6) is -0.978. The molecular weight excluding hydrogens is 486 g/mol. The van der Waals surface area contributed by atoms with Crippen LogP contribution in [-0.2, 0) is 4.79 Å². The first-order valence-electron chi connectivity index (χ1n) is 14.9. The van der Waals surface area contributed by atoms with Gasteiger partial charge in [0, 0.05) is 36.8 Å². The molecule has 0 amide bonds. The Morgan fingerprint density at radius 2 is 1.92 bits per heavy atom. The average molecular weight is 544 g/mol. The maximum atomic E-state index is 11.5. The Balaban J connectivity index is 1.71. The van der Waals surface area contributed by atoms with E-state index in [1.54, 1.807) is 6.92 Å². The van der Waals surface area contributed by atoms with E-state index in [0.717, 1.165) is 77.2 Å². The van der Waals surface area contributed by atoms with Gasteiger partial charge in [0.1, 0.15) is 0 Å². The SMILES string of the molecule is CC(O)CNC(CCCCCCCC(O)(CNC1(C)CCNC(N)C1)CC(=O)O)CC1CCC(O)C(C)N1. The van der Waals surface area contributed by atoms with Crippen molar-refractivity contribution in [2.45, 2.75) is 152 Å². The third kappa shape index (κ3) is 13.0. The van der Waals surface area contributed by atoms with Gasteiger partial charge in [0.2, 0.25) is 0 Å². The predicted octanol–water partition coefficient (Wildman–Crippen LogP) is 1.17. The van der Waals surface area contributed by atoms with E-state index in [-0.39, 0.29) is 42.9 Å². The molecule has 0 aliphatic carbocycles. The van der Waals surface area contributed by atoms with Gasteiger partial charge in [-0.05, 0) is 72.3 Å². The van der Waals surface area contributed by atoms with Gasteiger partial charge in [-0.1, -0.05) is 32.1 Å². The Hall–Kier alpha value is -0.850. The molecule has 10 N–H and O–H groups in total. The van der Waals surface area contributed by atoms with Crippen molar-refractivity contribution in [2.75, 3.05) is 19.6 Å². The van der Waals surface area contributed by atoms with Crippen LogP contribution in [0.2, 0.25) is 0 Å². The number of aliphatic hydroxyl groups is 3. The third-order valence-electron chi connectivity index (χ3n) is 8.43. The zero-order valence-corrected chi connectivity index (χ0v) is 24.1. The smallest absolute Gasteiger partial charge is 0.306 e. The van der Waals surface area contributed by atoms with Crippen LogP contribution in [0.1, 0.15) is 104 Å². The Kier molecular flexibility index (Phi) is 14.4. The summed E-state index contributed by atoms with van der Waals surface area (Å²) >= 11 is 0. The zero-order chi connectivity index (χ0) is 28.2. The molecule has 0 bridgehead atoms. The first-order chi connectivity index (χ1) is 17.9. The minimum Gasteiger partial charge on any atom is -0.481 e. The standard InChI is InChI=1S/C28H57N5O5/c1-20(34)18-31-22(15-23-10-11-24(35)21(2)33-23)9-7-5-4-6-8-12-28(38,17-26(36)37)19-32-27(3)13-14-30-25(29)16-27/h20-25,30-35,38H,4-19,29H2,1-3H3,(H,36,37). The lowest BCUT2D eigenvalue weighted by molar-refractivity contribution is -0.143. The summed E-state index contributed by atoms with van der Waals surface area (Å²) in [4.78, 5) is 11.5. The van der Waals surface area contributed by atoms with Crippen molar-refractivity contribution in [3.05, 3.63) is 0 Å². The van der Waals surface area contributed by atoms with Gasteiger partial charge >= 0.3 is 5.97 Å². The van der Waals surface area contributed by atoms with Crippen LogP contribution in [0, 0.1) is 0 Å². The summed E-state index contributed by atoms with van der Waals surface area (Å²) in [7, 11) is 0. The molecule has 224 valence electrons. The van der Waals surface area contributed by atoms with Crippen LogP contribution in [0.25, 0.3) is 0 Å². The highest BCUT2D eigenvalue weighted by molar-refractivity contribution is 5.68. The molecule has 2 aliphatic rings. The van der Waals surface area contributed by atoms with Gasteiger partial charge in [0.15, 0.2) is 0 Å². The van der Waals surface area contributed by atoms with Gasteiger partial charge in [0.05, 0.1) is 30.4 Å². The number of nitrogens with two attached hydrogens (primary N) is 1. The van der Waals surface area contributed by atoms with Crippen molar-refractivity contribution in [3.63, 3.8) is 0 Å². The number of aliphatic carboxylic acids is 1. The van der Waals surface area contributed by atoms with E-state index in [0.29, 0.717) is 25.0 Å². The van der Waals surface area contributed by atoms with E-state index in [1.165, 1.54) is 0 Å². The maximum Gasteiger partial charge on any atom is 0.306 e. The van der Waals surface area contributed by atoms with Crippen LogP contribution in [0.4, 0.5) is 0 Å². The molecule has 38 heavy (non-hydrogen) atoms. The van der Waals surface area contributed by atoms with Gasteiger partial charge in [-0.15, -0.1) is 0 Å². The molecule has 0 saturated carbocycles. The van der Waals surface area contributed by atoms with Crippen LogP contribution in [-0.4, -0.2) is 93.7 Å². The van der Waals surface area contributed by atoms with Crippen LogP contribution >= 0.6 is 0 Å². The molecule has 2 fully saturated rings. The Morgan fingerprint density at radius 1 is 1.21 bits per heavy atom. The summed E-state index contributed by atoms with van der Waals surface area (Å²) in [6.07, 6.45) is 9.84. The van der Waals surface area contributed by atoms with Gasteiger partial charge in [-0.3, -0.25) is 4.79 Å². The molecule has 0 radical (unpaired) electrons. The lowest BCUT2D eigenvalue weighted by Crippen LogP contribution is -2.59. The molecule has 10 heteroatoms. The number of carboxylic acid groups (broad SMARTS) is 1. The summed E-state index contributed by atoms with van der Waals surface area (Å²) in [6.45, 7) is 7.55. The molecule has 0 aromatic heterocycles. The molecule has 2 rings (SSSR count). The molecular formula is C28H57N5O5. The maximum absolute atomic E-state index is 11.5. The Labute approximate surface area is 229 Å². The normalized spacial score (nSPS) is 31.4. The van der Waals surface area contributed by atoms with Crippen molar-refractivity contribution >= 4 is 5.97 Å². The molecule has 0 spiro atoms. The molecule has 0 aromatic carbocycles. The fourth-order valence-corrected chi connectivity index (χ4v) is 5.99. The van der Waals surface area contributed by atoms with Crippen LogP contribution in [0.5, 0.6) is 0 Å². The second-order valence-corrected chi connectivity index (χ2v) is 12.5. The Morgan fingerprint density at radius 3 is 2.58 bits per heavy atom. The molecule has 10 nitrogen and oxygen atoms in total. The van der Waals surface area contributed by atoms with Crippen LogP contribution < -0.4 is 27.0 Å². The number of β-amino-alcohol motifs (C(OH)–C–C–N with tert-alkyl or cyclic N) is 1. The second-order valence-electron chi connectivity index (χ2n) is 12.5. The molecule has 0 aromatic rings. The third-order valence-corrected chi connectivity index (χ3v) is 8.43. The summed E-state index contributed by atoms with van der Waals surface area (Å²) in [5, 5.41) is 53.9. The van der Waals surface area contributed by atoms with Crippen molar-refractivity contribution < 1.29 is 25.2 Å². The number of aliphatic hydroxyl groups excluding tert-OH is 2. The highest BCUT2D eigenvalue weighted by Gasteiger charge is 2.35. The molecule has 8 unspecified atom stereocenters. The van der Waals surface area contributed by atoms with E-state index in [9.17, 15) is 25.2 Å². The number of carboxylic acids is 1. The molecule has 2 saturated heterocycles. The van der Waals surface area contributed by atoms with E-state index < -0.39 is 11.6 Å². The topological polar surface area (TPSA) is 172 Å². The lowest BCUT2D eigenvalue weighted by Gasteiger charge is -2.41. The van der Waals surface area contributed by atoms with E-state index in [4.69, 9.17) is 5.73 Å². The number of rotatable bonds is 18. The van der Waals surface area contributed by atoms with Crippen molar-refractivity contribution in [3.8, 4) is 0 Å². The first-order valence-corrected chi connectivity index (χ1v) is 14.9. The summed E-state index contributed by atoms with van der Waals surface area (Å²) in [6, 6.07) is 0.810. The fourth-order valence-electron chi connectivity index (χ4n) is 5.99. The van der Waals surface area contributed by atoms with Crippen LogP contribution in [0.3, 0.4) is 0 Å². The van der Waals surface area contributed by atoms with Crippen molar-refractivity contribution in [1.82, 2.24) is 21.3 Å². The molecule has 8 atom stereocenters. The highest BCUT2D eigenvalue weighted by atomic mass is 16.4. The summed E-state index contributed by atoms with van der Waals surface area (Å²) in [5.41, 5.74) is 4.57. The number of nitrogens with one attached hydrogen (secondary N) is 4. The zero-order valence-electron chi connectivity index (χ0n) is 24.1. The summed E-state index contributed by atoms with van der Waals surface area (Å²) < 4.78 is 0. The van der Waals surface area contributed by atoms with E-state index >= 15 is 0 Å². The first kappa shape index (κ1) is 33.4. The average Bonchev–Trinajstić information content (AvgIpc) is 2.82. The van der Waals surface area contributed by atoms with Crippen molar-refractivity contribution in [2.24, 2.45) is 5.73 Å². The van der Waals surface area contributed by atoms with Crippen LogP contribution in [0.15, 0.2) is 0 Å². The van der Waals surface area contributed by atoms with Crippen molar-refractivity contribution in [1.29, 1.82) is 0 Å². The van der Waals surface area contributed by atoms with Gasteiger partial charge in [0.25, 0.3) is 0 Å². The quantitative estimate of drug-likeness (QED) is 0.114. The molecule has 2 heterocycles. The van der Waals surface area contributed by atoms with Gasteiger partial charge in [-0.2, -0.15) is 0 Å². The Bertz CT molecular complexity index is 686. The van der Waals surface area contributed by atoms with E-state index in [1.807, 2.05) is 6.92 Å². The monoisotopic (exact) mass is 543 g/mol. The van der Waals surface area contributed by atoms with E-state index in [2.05, 4.69) is 28.2 Å². The lowest BCUT2D eigenvalue weighted by atomic mass is 9.86. The number of piperidine rings is 2. The highest BCUT2D eigenvalue weighted by Crippen LogP contribution is 2.25. The number of unbranched alkanes of at least 4 members (excludes halogenated alkanes) is 4. The fraction of sp³-hybridized carbons (Fsp3) is 0.964. The minimum absolute atomic E-state index is 0.0916. The molecule has 2 aliphatic heterocycles. The number of carbonyl (C=O) groups is 1. The largest absolute Gasteiger partial charge is 0.481 e. The number of hydrogen-bond acceptors (Lipinski definition) is 9. The number of hydrogen-bond donors (Lipinski definition) is 9. The van der Waals surface area contributed by atoms with Gasteiger partial charge in [-0.25, -0.2) is 0 Å². The van der Waals surface area contributed by atoms with Gasteiger partial charge < -0.3 is 47.4 Å². The second kappa shape index (κ2) is 16.4. The predicted molar refractivity (Wildman–Crippen MR) is 151 cm³/mol.